The zero-order valence-electron chi connectivity index (χ0n) is 18.0. The maximum atomic E-state index is 12.8. The number of carbonyl (C=O) groups is 2. The summed E-state index contributed by atoms with van der Waals surface area (Å²) < 4.78 is 11.4. The molecule has 0 N–H and O–H groups in total. The molecular formula is C30H18O4. The van der Waals surface area contributed by atoms with Gasteiger partial charge in [0.15, 0.2) is 0 Å². The lowest BCUT2D eigenvalue weighted by Crippen LogP contribution is -2.11. The maximum absolute atomic E-state index is 12.8. The van der Waals surface area contributed by atoms with Crippen LogP contribution in [0, 0.1) is 24.7 Å². The minimum Gasteiger partial charge on any atom is -0.422 e. The summed E-state index contributed by atoms with van der Waals surface area (Å²) in [5.74, 6) is 4.52. The smallest absolute Gasteiger partial charge is 0.343 e. The van der Waals surface area contributed by atoms with Crippen molar-refractivity contribution in [2.75, 3.05) is 0 Å². The minimum absolute atomic E-state index is 0.198. The first-order chi connectivity index (χ1) is 16.6. The van der Waals surface area contributed by atoms with Crippen molar-refractivity contribution in [3.05, 3.63) is 119 Å². The Balaban J connectivity index is 1.82. The van der Waals surface area contributed by atoms with Crippen LogP contribution >= 0.6 is 0 Å². The van der Waals surface area contributed by atoms with Gasteiger partial charge in [-0.2, -0.15) is 0 Å². The van der Waals surface area contributed by atoms with Gasteiger partial charge in [0.2, 0.25) is 0 Å². The van der Waals surface area contributed by atoms with Gasteiger partial charge in [0.1, 0.15) is 11.5 Å². The molecule has 0 spiro atoms. The highest BCUT2D eigenvalue weighted by Gasteiger charge is 2.22. The average molecular weight is 442 g/mol. The number of carbonyl (C=O) groups excluding carboxylic acids is 2. The topological polar surface area (TPSA) is 52.6 Å². The van der Waals surface area contributed by atoms with E-state index >= 15 is 0 Å². The van der Waals surface area contributed by atoms with Gasteiger partial charge in [-0.3, -0.25) is 0 Å². The van der Waals surface area contributed by atoms with Crippen molar-refractivity contribution in [3.8, 4) is 47.3 Å². The van der Waals surface area contributed by atoms with Crippen molar-refractivity contribution in [2.24, 2.45) is 0 Å². The van der Waals surface area contributed by atoms with Crippen molar-refractivity contribution in [2.45, 2.75) is 0 Å². The quantitative estimate of drug-likeness (QED) is 0.224. The highest BCUT2D eigenvalue weighted by Crippen LogP contribution is 2.40. The fraction of sp³-hybridized carbons (Fsp3) is 0. The first-order valence-electron chi connectivity index (χ1n) is 10.4. The molecule has 162 valence electrons. The predicted molar refractivity (Wildman–Crippen MR) is 131 cm³/mol. The summed E-state index contributed by atoms with van der Waals surface area (Å²) >= 11 is 0. The number of rotatable bonds is 5. The van der Waals surface area contributed by atoms with Crippen LogP contribution in [0.1, 0.15) is 31.8 Å². The van der Waals surface area contributed by atoms with E-state index in [0.717, 1.165) is 0 Å². The van der Waals surface area contributed by atoms with Gasteiger partial charge in [0, 0.05) is 16.7 Å². The second-order valence-electron chi connectivity index (χ2n) is 7.16. The molecule has 0 saturated carbocycles. The third-order valence-electron chi connectivity index (χ3n) is 5.05. The number of para-hydroxylation sites is 1. The lowest BCUT2D eigenvalue weighted by Gasteiger charge is -2.17. The molecule has 0 heterocycles. The molecule has 0 atom stereocenters. The van der Waals surface area contributed by atoms with Gasteiger partial charge in [0.25, 0.3) is 0 Å². The van der Waals surface area contributed by atoms with E-state index in [1.54, 1.807) is 91.0 Å². The standard InChI is InChI=1S/C30H18O4/c1-3-21-19-20-27(34-30(32)23-15-9-6-10-16-23)28(24(21)4-2)25-17-11-12-18-26(25)33-29(31)22-13-7-5-8-14-22/h1-2,5-20H. The van der Waals surface area contributed by atoms with E-state index in [1.165, 1.54) is 0 Å². The van der Waals surface area contributed by atoms with Gasteiger partial charge in [0.05, 0.1) is 16.7 Å². The van der Waals surface area contributed by atoms with Crippen LogP contribution in [0.3, 0.4) is 0 Å². The fourth-order valence-corrected chi connectivity index (χ4v) is 3.43. The molecule has 0 radical (unpaired) electrons. The molecule has 4 rings (SSSR count). The van der Waals surface area contributed by atoms with Gasteiger partial charge in [-0.15, -0.1) is 12.8 Å². The summed E-state index contributed by atoms with van der Waals surface area (Å²) in [5.41, 5.74) is 2.42. The molecule has 0 fully saturated rings. The molecule has 4 aromatic rings. The average Bonchev–Trinajstić information content (AvgIpc) is 2.89. The second-order valence-corrected chi connectivity index (χ2v) is 7.16. The van der Waals surface area contributed by atoms with Gasteiger partial charge in [-0.1, -0.05) is 66.4 Å². The number of benzene rings is 4. The Morgan fingerprint density at radius 3 is 1.68 bits per heavy atom. The largest absolute Gasteiger partial charge is 0.422 e. The SMILES string of the molecule is C#Cc1ccc(OC(=O)c2ccccc2)c(-c2ccccc2OC(=O)c2ccccc2)c1C#C. The molecule has 0 amide bonds. The number of esters is 2. The van der Waals surface area contributed by atoms with Crippen molar-refractivity contribution >= 4 is 11.9 Å². The highest BCUT2D eigenvalue weighted by atomic mass is 16.5. The van der Waals surface area contributed by atoms with Crippen LogP contribution in [-0.2, 0) is 0 Å². The van der Waals surface area contributed by atoms with Crippen LogP contribution in [0.5, 0.6) is 11.5 Å². The monoisotopic (exact) mass is 442 g/mol. The number of hydrogen-bond donors (Lipinski definition) is 0. The minimum atomic E-state index is -0.558. The molecular weight excluding hydrogens is 424 g/mol. The van der Waals surface area contributed by atoms with E-state index in [1.807, 2.05) is 6.07 Å². The lowest BCUT2D eigenvalue weighted by molar-refractivity contribution is 0.0723. The molecule has 4 heteroatoms. The van der Waals surface area contributed by atoms with Gasteiger partial charge < -0.3 is 9.47 Å². The molecule has 0 saturated heterocycles. The Labute approximate surface area is 197 Å². The molecule has 0 bridgehead atoms. The van der Waals surface area contributed by atoms with E-state index in [2.05, 4.69) is 11.8 Å². The first-order valence-corrected chi connectivity index (χ1v) is 10.4. The Bertz CT molecular complexity index is 1440. The molecule has 4 aromatic carbocycles. The Hall–Kier alpha value is -5.06. The van der Waals surface area contributed by atoms with Gasteiger partial charge >= 0.3 is 11.9 Å². The van der Waals surface area contributed by atoms with Crippen molar-refractivity contribution in [3.63, 3.8) is 0 Å². The van der Waals surface area contributed by atoms with E-state index < -0.39 is 11.9 Å². The zero-order chi connectivity index (χ0) is 23.9. The molecule has 0 aromatic heterocycles. The summed E-state index contributed by atoms with van der Waals surface area (Å²) in [6.45, 7) is 0. The van der Waals surface area contributed by atoms with Crippen LogP contribution in [0.4, 0.5) is 0 Å². The van der Waals surface area contributed by atoms with E-state index in [9.17, 15) is 9.59 Å². The van der Waals surface area contributed by atoms with Crippen LogP contribution in [-0.4, -0.2) is 11.9 Å². The van der Waals surface area contributed by atoms with Crippen molar-refractivity contribution in [1.29, 1.82) is 0 Å². The molecule has 0 aliphatic carbocycles. The van der Waals surface area contributed by atoms with Gasteiger partial charge in [-0.05, 0) is 42.5 Å². The van der Waals surface area contributed by atoms with Crippen LogP contribution in [0.25, 0.3) is 11.1 Å². The predicted octanol–water partition coefficient (Wildman–Crippen LogP) is 5.75. The summed E-state index contributed by atoms with van der Waals surface area (Å²) in [5, 5.41) is 0. The third-order valence-corrected chi connectivity index (χ3v) is 5.05. The zero-order valence-corrected chi connectivity index (χ0v) is 18.0. The molecule has 4 nitrogen and oxygen atoms in total. The number of hydrogen-bond acceptors (Lipinski definition) is 4. The fourth-order valence-electron chi connectivity index (χ4n) is 3.43. The lowest BCUT2D eigenvalue weighted by atomic mass is 9.94. The van der Waals surface area contributed by atoms with Crippen molar-refractivity contribution in [1.82, 2.24) is 0 Å². The van der Waals surface area contributed by atoms with Crippen LogP contribution in [0.2, 0.25) is 0 Å². The Morgan fingerprint density at radius 2 is 1.12 bits per heavy atom. The first kappa shape index (κ1) is 22.1. The third kappa shape index (κ3) is 4.58. The Morgan fingerprint density at radius 1 is 0.588 bits per heavy atom. The van der Waals surface area contributed by atoms with E-state index in [0.29, 0.717) is 33.4 Å². The van der Waals surface area contributed by atoms with Crippen molar-refractivity contribution < 1.29 is 19.1 Å². The highest BCUT2D eigenvalue weighted by molar-refractivity contribution is 5.95. The van der Waals surface area contributed by atoms with Crippen LogP contribution < -0.4 is 9.47 Å². The molecule has 0 aliphatic rings. The molecule has 0 unspecified atom stereocenters. The van der Waals surface area contributed by atoms with E-state index in [-0.39, 0.29) is 11.5 Å². The summed E-state index contributed by atoms with van der Waals surface area (Å²) in [6, 6.07) is 27.3. The normalized spacial score (nSPS) is 9.94. The summed E-state index contributed by atoms with van der Waals surface area (Å²) in [6.07, 6.45) is 11.5. The Kier molecular flexibility index (Phi) is 6.54. The number of terminal acetylenes is 2. The number of ether oxygens (including phenoxy) is 2. The van der Waals surface area contributed by atoms with E-state index in [4.69, 9.17) is 22.3 Å². The maximum Gasteiger partial charge on any atom is 0.343 e. The summed E-state index contributed by atoms with van der Waals surface area (Å²) in [7, 11) is 0. The molecule has 34 heavy (non-hydrogen) atoms. The molecule has 0 aliphatic heterocycles. The summed E-state index contributed by atoms with van der Waals surface area (Å²) in [4.78, 5) is 25.5. The van der Waals surface area contributed by atoms with Gasteiger partial charge in [-0.25, -0.2) is 9.59 Å². The van der Waals surface area contributed by atoms with Crippen LogP contribution in [0.15, 0.2) is 97.1 Å². The second kappa shape index (κ2) is 10.0.